The molecule has 4 aromatic carbocycles. The van der Waals surface area contributed by atoms with Crippen LogP contribution in [0.4, 0.5) is 5.69 Å². The van der Waals surface area contributed by atoms with E-state index in [1.165, 1.54) is 12.1 Å². The number of methoxy groups -OCH3 is 2. The molecule has 1 heterocycles. The maximum atomic E-state index is 14.2. The van der Waals surface area contributed by atoms with Gasteiger partial charge < -0.3 is 14.7 Å². The monoisotopic (exact) mass is 521 g/mol. The Bertz CT molecular complexity index is 1610. The molecule has 0 atom stereocenters. The molecule has 0 unspecified atom stereocenters. The van der Waals surface area contributed by atoms with Gasteiger partial charge in [0.2, 0.25) is 0 Å². The standard InChI is InChI=1S/C31H27N3O5/c1-21-4-8-24(9-5-21)30-29(23-10-14-26(15-11-23)34(36)37)31(25-12-18-28(39-3)19-13-25)33(35)32(30)20-22-6-16-27(38-2)17-7-22/h4-19H,20H2,1-3H3. The molecule has 0 saturated carbocycles. The molecule has 0 amide bonds. The first kappa shape index (κ1) is 25.5. The fraction of sp³-hybridized carbons (Fsp3) is 0.129. The summed E-state index contributed by atoms with van der Waals surface area (Å²) in [7, 11) is 3.20. The summed E-state index contributed by atoms with van der Waals surface area (Å²) in [6.45, 7) is 2.31. The van der Waals surface area contributed by atoms with E-state index in [9.17, 15) is 15.3 Å². The smallest absolute Gasteiger partial charge is 0.269 e. The van der Waals surface area contributed by atoms with E-state index in [1.807, 2.05) is 67.6 Å². The molecule has 0 saturated heterocycles. The molecular formula is C31H27N3O5. The number of ether oxygens (including phenoxy) is 2. The quantitative estimate of drug-likeness (QED) is 0.102. The predicted molar refractivity (Wildman–Crippen MR) is 150 cm³/mol. The van der Waals surface area contributed by atoms with Crippen LogP contribution in [0, 0.1) is 22.2 Å². The van der Waals surface area contributed by atoms with Crippen molar-refractivity contribution in [3.8, 4) is 45.1 Å². The van der Waals surface area contributed by atoms with E-state index in [0.29, 0.717) is 40.4 Å². The third kappa shape index (κ3) is 5.04. The van der Waals surface area contributed by atoms with Gasteiger partial charge in [-0.1, -0.05) is 46.8 Å². The van der Waals surface area contributed by atoms with Crippen molar-refractivity contribution >= 4 is 5.69 Å². The second kappa shape index (κ2) is 10.7. The first-order valence-electron chi connectivity index (χ1n) is 12.3. The van der Waals surface area contributed by atoms with Crippen LogP contribution in [-0.2, 0) is 6.54 Å². The van der Waals surface area contributed by atoms with E-state index in [0.717, 1.165) is 27.3 Å². The molecule has 39 heavy (non-hydrogen) atoms. The van der Waals surface area contributed by atoms with Crippen LogP contribution < -0.4 is 14.3 Å². The highest BCUT2D eigenvalue weighted by atomic mass is 16.6. The van der Waals surface area contributed by atoms with Crippen LogP contribution >= 0.6 is 0 Å². The molecule has 0 spiro atoms. The molecule has 8 heteroatoms. The summed E-state index contributed by atoms with van der Waals surface area (Å²) >= 11 is 0. The normalized spacial score (nSPS) is 10.8. The first-order chi connectivity index (χ1) is 18.9. The second-order valence-corrected chi connectivity index (χ2v) is 9.15. The minimum absolute atomic E-state index is 0.0192. The van der Waals surface area contributed by atoms with Crippen LogP contribution in [0.3, 0.4) is 0 Å². The Balaban J connectivity index is 1.80. The summed E-state index contributed by atoms with van der Waals surface area (Å²) < 4.78 is 12.3. The van der Waals surface area contributed by atoms with Crippen molar-refractivity contribution in [1.29, 1.82) is 0 Å². The molecular weight excluding hydrogens is 494 g/mol. The minimum atomic E-state index is -0.433. The Morgan fingerprint density at radius 3 is 1.79 bits per heavy atom. The maximum absolute atomic E-state index is 14.2. The number of hydrogen-bond donors (Lipinski definition) is 0. The average molecular weight is 522 g/mol. The van der Waals surface area contributed by atoms with Gasteiger partial charge in [-0.15, -0.1) is 4.68 Å². The summed E-state index contributed by atoms with van der Waals surface area (Å²) in [5.41, 5.74) is 6.07. The van der Waals surface area contributed by atoms with E-state index < -0.39 is 4.92 Å². The lowest BCUT2D eigenvalue weighted by Gasteiger charge is -2.10. The third-order valence-electron chi connectivity index (χ3n) is 6.69. The van der Waals surface area contributed by atoms with Crippen LogP contribution in [0.25, 0.3) is 33.6 Å². The van der Waals surface area contributed by atoms with Gasteiger partial charge in [-0.2, -0.15) is 0 Å². The Labute approximate surface area is 226 Å². The fourth-order valence-corrected chi connectivity index (χ4v) is 4.63. The number of benzene rings is 4. The molecule has 5 rings (SSSR count). The number of nitro groups is 1. The zero-order valence-electron chi connectivity index (χ0n) is 21.8. The van der Waals surface area contributed by atoms with Gasteiger partial charge in [0, 0.05) is 17.7 Å². The molecule has 8 nitrogen and oxygen atoms in total. The fourth-order valence-electron chi connectivity index (χ4n) is 4.63. The lowest BCUT2D eigenvalue weighted by molar-refractivity contribution is -0.681. The van der Waals surface area contributed by atoms with E-state index in [2.05, 4.69) is 0 Å². The summed E-state index contributed by atoms with van der Waals surface area (Å²) in [5, 5.41) is 25.5. The molecule has 5 aromatic rings. The highest BCUT2D eigenvalue weighted by molar-refractivity contribution is 5.90. The van der Waals surface area contributed by atoms with Crippen LogP contribution in [0.2, 0.25) is 0 Å². The minimum Gasteiger partial charge on any atom is -0.595 e. The molecule has 0 fully saturated rings. The van der Waals surface area contributed by atoms with Gasteiger partial charge in [0.05, 0.1) is 30.3 Å². The molecule has 0 N–H and O–H groups in total. The van der Waals surface area contributed by atoms with Crippen molar-refractivity contribution in [2.45, 2.75) is 13.5 Å². The SMILES string of the molecule is COc1ccc(Cn2c(-c3ccc(C)cc3)c(-c3ccc([N+](=O)[O-])cc3)c(-c3ccc(OC)cc3)[n+]2[O-])cc1. The van der Waals surface area contributed by atoms with Gasteiger partial charge in [0.1, 0.15) is 23.7 Å². The first-order valence-corrected chi connectivity index (χ1v) is 12.3. The average Bonchev–Trinajstić information content (AvgIpc) is 3.25. The van der Waals surface area contributed by atoms with E-state index >= 15 is 0 Å². The van der Waals surface area contributed by atoms with E-state index in [1.54, 1.807) is 43.2 Å². The van der Waals surface area contributed by atoms with Crippen LogP contribution in [0.1, 0.15) is 11.1 Å². The van der Waals surface area contributed by atoms with Gasteiger partial charge >= 0.3 is 0 Å². The van der Waals surface area contributed by atoms with Gasteiger partial charge in [0.25, 0.3) is 11.4 Å². The van der Waals surface area contributed by atoms with Crippen molar-refractivity contribution < 1.29 is 19.2 Å². The number of hydrogen-bond acceptors (Lipinski definition) is 5. The molecule has 0 aliphatic heterocycles. The van der Waals surface area contributed by atoms with Crippen molar-refractivity contribution in [1.82, 2.24) is 4.68 Å². The summed E-state index contributed by atoms with van der Waals surface area (Å²) in [6.07, 6.45) is 0. The topological polar surface area (TPSA) is 93.5 Å². The Morgan fingerprint density at radius 2 is 1.26 bits per heavy atom. The second-order valence-electron chi connectivity index (χ2n) is 9.15. The molecule has 1 aromatic heterocycles. The summed E-state index contributed by atoms with van der Waals surface area (Å²) in [5.74, 6) is 1.40. The van der Waals surface area contributed by atoms with Crippen LogP contribution in [0.5, 0.6) is 11.5 Å². The number of aryl methyl sites for hydroxylation is 1. The highest BCUT2D eigenvalue weighted by Crippen LogP contribution is 2.40. The Morgan fingerprint density at radius 1 is 0.744 bits per heavy atom. The van der Waals surface area contributed by atoms with Gasteiger partial charge in [-0.3, -0.25) is 10.1 Å². The zero-order chi connectivity index (χ0) is 27.5. The highest BCUT2D eigenvalue weighted by Gasteiger charge is 2.31. The van der Waals surface area contributed by atoms with Gasteiger partial charge in [-0.05, 0) is 66.6 Å². The number of rotatable bonds is 8. The maximum Gasteiger partial charge on any atom is 0.269 e. The molecule has 0 aliphatic carbocycles. The molecule has 0 bridgehead atoms. The summed E-state index contributed by atoms with van der Waals surface area (Å²) in [4.78, 5) is 11.8. The van der Waals surface area contributed by atoms with Crippen molar-refractivity contribution in [3.63, 3.8) is 0 Å². The zero-order valence-corrected chi connectivity index (χ0v) is 21.8. The molecule has 0 aliphatic rings. The lowest BCUT2D eigenvalue weighted by atomic mass is 9.95. The predicted octanol–water partition coefficient (Wildman–Crippen LogP) is 6.40. The van der Waals surface area contributed by atoms with Crippen molar-refractivity contribution in [2.24, 2.45) is 0 Å². The van der Waals surface area contributed by atoms with Gasteiger partial charge in [0.15, 0.2) is 0 Å². The third-order valence-corrected chi connectivity index (χ3v) is 6.69. The molecule has 0 radical (unpaired) electrons. The van der Waals surface area contributed by atoms with E-state index in [-0.39, 0.29) is 5.69 Å². The number of nitrogens with zero attached hydrogens (tertiary/aromatic N) is 3. The van der Waals surface area contributed by atoms with Gasteiger partial charge in [-0.25, -0.2) is 0 Å². The van der Waals surface area contributed by atoms with Crippen LogP contribution in [0.15, 0.2) is 97.1 Å². The van der Waals surface area contributed by atoms with Crippen molar-refractivity contribution in [2.75, 3.05) is 14.2 Å². The number of non-ortho nitro benzene ring substituents is 1. The Hall–Kier alpha value is -5.11. The largest absolute Gasteiger partial charge is 0.595 e. The lowest BCUT2D eigenvalue weighted by Crippen LogP contribution is -2.39. The van der Waals surface area contributed by atoms with E-state index in [4.69, 9.17) is 9.47 Å². The number of nitro benzene ring substituents is 1. The van der Waals surface area contributed by atoms with Crippen LogP contribution in [-0.4, -0.2) is 23.8 Å². The van der Waals surface area contributed by atoms with Crippen molar-refractivity contribution in [3.05, 3.63) is 124 Å². The Kier molecular flexibility index (Phi) is 7.01. The summed E-state index contributed by atoms with van der Waals surface area (Å²) in [6, 6.07) is 29.2. The number of aromatic nitrogens is 2. The molecule has 196 valence electrons.